The van der Waals surface area contributed by atoms with Crippen LogP contribution in [0.5, 0.6) is 0 Å². The number of halogens is 3. The molecule has 0 fully saturated rings. The van der Waals surface area contributed by atoms with Gasteiger partial charge >= 0.3 is 5.97 Å². The van der Waals surface area contributed by atoms with E-state index < -0.39 is 9.69 Å². The van der Waals surface area contributed by atoms with E-state index in [-0.39, 0.29) is 12.6 Å². The molecule has 0 radical (unpaired) electrons. The summed E-state index contributed by atoms with van der Waals surface area (Å²) in [5, 5.41) is 7.22. The van der Waals surface area contributed by atoms with E-state index in [9.17, 15) is 4.79 Å². The van der Waals surface area contributed by atoms with Gasteiger partial charge in [0.2, 0.25) is 5.90 Å². The standard InChI is InChI=1S/C10H14Cl3NO3/c1-8(15)16-6-4-2-3-5-7-17-9(14)10(11,12)13/h3,5,14H,2,4,6-7H2,1H3/b5-3+,14-9?. The molecule has 0 aromatic carbocycles. The van der Waals surface area contributed by atoms with E-state index >= 15 is 0 Å². The van der Waals surface area contributed by atoms with Gasteiger partial charge in [0.15, 0.2) is 0 Å². The van der Waals surface area contributed by atoms with Gasteiger partial charge in [-0.05, 0) is 12.8 Å². The molecule has 0 heterocycles. The highest BCUT2D eigenvalue weighted by atomic mass is 35.6. The Morgan fingerprint density at radius 3 is 2.47 bits per heavy atom. The summed E-state index contributed by atoms with van der Waals surface area (Å²) < 4.78 is 7.79. The third-order valence-electron chi connectivity index (χ3n) is 1.57. The van der Waals surface area contributed by atoms with E-state index in [1.807, 2.05) is 6.08 Å². The van der Waals surface area contributed by atoms with Crippen molar-refractivity contribution in [3.63, 3.8) is 0 Å². The summed E-state index contributed by atoms with van der Waals surface area (Å²) in [4.78, 5) is 10.4. The van der Waals surface area contributed by atoms with Crippen LogP contribution in [-0.4, -0.2) is 28.9 Å². The molecule has 4 nitrogen and oxygen atoms in total. The third kappa shape index (κ3) is 10.4. The Morgan fingerprint density at radius 2 is 1.94 bits per heavy atom. The second-order valence-corrected chi connectivity index (χ2v) is 5.37. The van der Waals surface area contributed by atoms with Gasteiger partial charge in [-0.3, -0.25) is 10.2 Å². The molecule has 7 heteroatoms. The molecule has 0 atom stereocenters. The molecule has 0 amide bonds. The van der Waals surface area contributed by atoms with Crippen LogP contribution in [0.4, 0.5) is 0 Å². The van der Waals surface area contributed by atoms with E-state index in [1.165, 1.54) is 6.92 Å². The second-order valence-electron chi connectivity index (χ2n) is 3.09. The molecular weight excluding hydrogens is 288 g/mol. The zero-order chi connectivity index (χ0) is 13.3. The number of rotatable bonds is 6. The van der Waals surface area contributed by atoms with Crippen LogP contribution in [0.1, 0.15) is 19.8 Å². The zero-order valence-corrected chi connectivity index (χ0v) is 11.6. The van der Waals surface area contributed by atoms with Crippen LogP contribution in [0.3, 0.4) is 0 Å². The second kappa shape index (κ2) is 8.61. The van der Waals surface area contributed by atoms with Crippen LogP contribution in [0.25, 0.3) is 0 Å². The first-order chi connectivity index (χ1) is 7.84. The van der Waals surface area contributed by atoms with E-state index in [0.29, 0.717) is 6.61 Å². The van der Waals surface area contributed by atoms with Crippen LogP contribution in [0.15, 0.2) is 12.2 Å². The molecule has 0 spiro atoms. The lowest BCUT2D eigenvalue weighted by Gasteiger charge is -2.11. The van der Waals surface area contributed by atoms with Gasteiger partial charge in [-0.1, -0.05) is 47.0 Å². The maximum atomic E-state index is 10.4. The van der Waals surface area contributed by atoms with Crippen molar-refractivity contribution < 1.29 is 14.3 Å². The summed E-state index contributed by atoms with van der Waals surface area (Å²) in [5.74, 6) is -0.694. The minimum absolute atomic E-state index is 0.167. The largest absolute Gasteiger partial charge is 0.474 e. The quantitative estimate of drug-likeness (QED) is 0.205. The molecule has 1 N–H and O–H groups in total. The maximum absolute atomic E-state index is 10.4. The van der Waals surface area contributed by atoms with Crippen molar-refractivity contribution in [3.05, 3.63) is 12.2 Å². The molecule has 0 saturated carbocycles. The van der Waals surface area contributed by atoms with Crippen molar-refractivity contribution in [2.45, 2.75) is 23.6 Å². The van der Waals surface area contributed by atoms with Crippen LogP contribution in [0.2, 0.25) is 0 Å². The summed E-state index contributed by atoms with van der Waals surface area (Å²) in [6, 6.07) is 0. The first-order valence-corrected chi connectivity index (χ1v) is 6.04. The number of esters is 1. The highest BCUT2D eigenvalue weighted by Crippen LogP contribution is 2.27. The molecule has 0 aromatic rings. The first-order valence-electron chi connectivity index (χ1n) is 4.91. The summed E-state index contributed by atoms with van der Waals surface area (Å²) in [6.45, 7) is 1.93. The molecular formula is C10H14Cl3NO3. The monoisotopic (exact) mass is 301 g/mol. The molecule has 17 heavy (non-hydrogen) atoms. The average Bonchev–Trinajstić information content (AvgIpc) is 2.19. The van der Waals surface area contributed by atoms with Gasteiger partial charge in [-0.25, -0.2) is 0 Å². The minimum atomic E-state index is -1.82. The predicted molar refractivity (Wildman–Crippen MR) is 69.0 cm³/mol. The van der Waals surface area contributed by atoms with Crippen molar-refractivity contribution in [2.75, 3.05) is 13.2 Å². The molecule has 98 valence electrons. The summed E-state index contributed by atoms with van der Waals surface area (Å²) >= 11 is 16.2. The Hall–Kier alpha value is -0.450. The Morgan fingerprint density at radius 1 is 1.29 bits per heavy atom. The fourth-order valence-corrected chi connectivity index (χ4v) is 0.980. The van der Waals surface area contributed by atoms with Crippen molar-refractivity contribution in [1.82, 2.24) is 0 Å². The molecule has 0 aliphatic rings. The molecule has 0 unspecified atom stereocenters. The Balaban J connectivity index is 3.50. The summed E-state index contributed by atoms with van der Waals surface area (Å²) in [5.41, 5.74) is 0. The van der Waals surface area contributed by atoms with Gasteiger partial charge in [0.25, 0.3) is 3.79 Å². The number of ether oxygens (including phenoxy) is 2. The molecule has 0 saturated heterocycles. The SMILES string of the molecule is CC(=O)OCCC/C=C/COC(=N)C(Cl)(Cl)Cl. The van der Waals surface area contributed by atoms with Gasteiger partial charge in [-0.2, -0.15) is 0 Å². The number of alkyl halides is 3. The smallest absolute Gasteiger partial charge is 0.302 e. The van der Waals surface area contributed by atoms with Gasteiger partial charge in [0.05, 0.1) is 6.61 Å². The highest BCUT2D eigenvalue weighted by molar-refractivity contribution is 6.76. The third-order valence-corrected chi connectivity index (χ3v) is 2.08. The fraction of sp³-hybridized carbons (Fsp3) is 0.600. The van der Waals surface area contributed by atoms with Crippen LogP contribution in [-0.2, 0) is 14.3 Å². The van der Waals surface area contributed by atoms with E-state index in [0.717, 1.165) is 12.8 Å². The number of carbonyl (C=O) groups excluding carboxylic acids is 1. The van der Waals surface area contributed by atoms with Gasteiger partial charge in [-0.15, -0.1) is 0 Å². The van der Waals surface area contributed by atoms with Crippen molar-refractivity contribution in [2.24, 2.45) is 0 Å². The first kappa shape index (κ1) is 16.6. The number of unbranched alkanes of at least 4 members (excludes halogenated alkanes) is 1. The normalized spacial score (nSPS) is 11.5. The van der Waals surface area contributed by atoms with Gasteiger partial charge in [0, 0.05) is 6.92 Å². The minimum Gasteiger partial charge on any atom is -0.474 e. The van der Waals surface area contributed by atoms with Crippen LogP contribution in [0, 0.1) is 5.41 Å². The Labute approximate surface area is 115 Å². The number of carbonyl (C=O) groups is 1. The molecule has 0 rings (SSSR count). The number of allylic oxidation sites excluding steroid dienone is 1. The van der Waals surface area contributed by atoms with E-state index in [2.05, 4.69) is 0 Å². The number of hydrogen-bond acceptors (Lipinski definition) is 4. The van der Waals surface area contributed by atoms with E-state index in [1.54, 1.807) is 6.08 Å². The summed E-state index contributed by atoms with van der Waals surface area (Å²) in [6.07, 6.45) is 5.03. The summed E-state index contributed by atoms with van der Waals surface area (Å²) in [7, 11) is 0. The maximum Gasteiger partial charge on any atom is 0.302 e. The number of nitrogens with one attached hydrogen (secondary N) is 1. The van der Waals surface area contributed by atoms with Crippen molar-refractivity contribution in [3.8, 4) is 0 Å². The van der Waals surface area contributed by atoms with Crippen molar-refractivity contribution in [1.29, 1.82) is 5.41 Å². The number of hydrogen-bond donors (Lipinski definition) is 1. The topological polar surface area (TPSA) is 59.4 Å². The molecule has 0 aliphatic heterocycles. The van der Waals surface area contributed by atoms with Gasteiger partial charge in [0.1, 0.15) is 6.61 Å². The van der Waals surface area contributed by atoms with Crippen LogP contribution < -0.4 is 0 Å². The molecule has 0 aromatic heterocycles. The Bertz CT molecular complexity index is 287. The zero-order valence-electron chi connectivity index (χ0n) is 9.34. The highest BCUT2D eigenvalue weighted by Gasteiger charge is 2.28. The van der Waals surface area contributed by atoms with Crippen molar-refractivity contribution >= 4 is 46.7 Å². The van der Waals surface area contributed by atoms with Crippen LogP contribution >= 0.6 is 34.8 Å². The average molecular weight is 303 g/mol. The fourth-order valence-electron chi connectivity index (χ4n) is 0.816. The molecule has 0 aliphatic carbocycles. The predicted octanol–water partition coefficient (Wildman–Crippen LogP) is 3.25. The lowest BCUT2D eigenvalue weighted by atomic mass is 10.3. The van der Waals surface area contributed by atoms with E-state index in [4.69, 9.17) is 49.7 Å². The lowest BCUT2D eigenvalue weighted by Crippen LogP contribution is -2.21. The Kier molecular flexibility index (Phi) is 8.39. The molecule has 0 bridgehead atoms. The lowest BCUT2D eigenvalue weighted by molar-refractivity contribution is -0.141. The van der Waals surface area contributed by atoms with Gasteiger partial charge < -0.3 is 9.47 Å².